The van der Waals surface area contributed by atoms with Crippen molar-refractivity contribution in [1.82, 2.24) is 4.90 Å². The molecular formula is C15H21BrN2O. The second-order valence-electron chi connectivity index (χ2n) is 5.40. The lowest BCUT2D eigenvalue weighted by Gasteiger charge is -2.37. The van der Waals surface area contributed by atoms with Crippen molar-refractivity contribution in [2.45, 2.75) is 25.8 Å². The first kappa shape index (κ1) is 14.5. The van der Waals surface area contributed by atoms with Crippen molar-refractivity contribution in [3.05, 3.63) is 28.2 Å². The number of carbonyl (C=O) groups is 1. The van der Waals surface area contributed by atoms with E-state index in [1.807, 2.05) is 12.1 Å². The molecule has 1 aliphatic heterocycles. The molecule has 1 aromatic carbocycles. The van der Waals surface area contributed by atoms with Crippen LogP contribution in [0.2, 0.25) is 0 Å². The third kappa shape index (κ3) is 3.37. The van der Waals surface area contributed by atoms with Crippen LogP contribution in [-0.4, -0.2) is 43.9 Å². The molecule has 2 rings (SSSR count). The summed E-state index contributed by atoms with van der Waals surface area (Å²) in [6, 6.07) is 6.65. The van der Waals surface area contributed by atoms with E-state index in [-0.39, 0.29) is 5.78 Å². The van der Waals surface area contributed by atoms with E-state index in [1.54, 1.807) is 6.92 Å². The summed E-state index contributed by atoms with van der Waals surface area (Å²) in [5.74, 6) is 0.131. The fraction of sp³-hybridized carbons (Fsp3) is 0.533. The topological polar surface area (TPSA) is 23.6 Å². The first-order valence-electron chi connectivity index (χ1n) is 6.71. The van der Waals surface area contributed by atoms with Crippen molar-refractivity contribution in [1.29, 1.82) is 0 Å². The van der Waals surface area contributed by atoms with Crippen LogP contribution in [0.5, 0.6) is 0 Å². The summed E-state index contributed by atoms with van der Waals surface area (Å²) >= 11 is 3.44. The van der Waals surface area contributed by atoms with E-state index >= 15 is 0 Å². The molecule has 0 spiro atoms. The monoisotopic (exact) mass is 324 g/mol. The van der Waals surface area contributed by atoms with E-state index in [0.29, 0.717) is 6.04 Å². The fourth-order valence-electron chi connectivity index (χ4n) is 2.69. The molecule has 0 amide bonds. The summed E-state index contributed by atoms with van der Waals surface area (Å²) in [6.07, 6.45) is 2.31. The van der Waals surface area contributed by atoms with Crippen LogP contribution in [0, 0.1) is 0 Å². The second kappa shape index (κ2) is 6.06. The van der Waals surface area contributed by atoms with Gasteiger partial charge in [0, 0.05) is 34.9 Å². The van der Waals surface area contributed by atoms with Crippen LogP contribution in [0.4, 0.5) is 5.69 Å². The van der Waals surface area contributed by atoms with E-state index in [4.69, 9.17) is 0 Å². The number of Topliss-reactive ketones (excluding diaryl/α,β-unsaturated/α-hetero) is 1. The number of piperidine rings is 1. The Morgan fingerprint density at radius 2 is 1.95 bits per heavy atom. The first-order valence-corrected chi connectivity index (χ1v) is 7.50. The predicted molar refractivity (Wildman–Crippen MR) is 83.1 cm³/mol. The molecule has 104 valence electrons. The number of hydrogen-bond acceptors (Lipinski definition) is 3. The third-order valence-corrected chi connectivity index (χ3v) is 4.37. The van der Waals surface area contributed by atoms with E-state index in [2.05, 4.69) is 45.9 Å². The van der Waals surface area contributed by atoms with Crippen molar-refractivity contribution in [3.8, 4) is 0 Å². The Hall–Kier alpha value is -0.870. The fourth-order valence-corrected chi connectivity index (χ4v) is 3.05. The Balaban J connectivity index is 2.17. The Morgan fingerprint density at radius 3 is 2.47 bits per heavy atom. The highest BCUT2D eigenvalue weighted by atomic mass is 79.9. The molecule has 0 aliphatic carbocycles. The lowest BCUT2D eigenvalue weighted by atomic mass is 10.0. The summed E-state index contributed by atoms with van der Waals surface area (Å²) in [4.78, 5) is 16.4. The molecule has 0 atom stereocenters. The van der Waals surface area contributed by atoms with Crippen LogP contribution in [0.15, 0.2) is 22.7 Å². The molecule has 0 N–H and O–H groups in total. The van der Waals surface area contributed by atoms with Gasteiger partial charge in [-0.3, -0.25) is 4.79 Å². The molecule has 19 heavy (non-hydrogen) atoms. The highest BCUT2D eigenvalue weighted by Gasteiger charge is 2.23. The number of carbonyl (C=O) groups excluding carboxylic acids is 1. The zero-order valence-corrected chi connectivity index (χ0v) is 13.4. The van der Waals surface area contributed by atoms with E-state index in [0.717, 1.165) is 41.7 Å². The van der Waals surface area contributed by atoms with Crippen molar-refractivity contribution in [2.75, 3.05) is 32.1 Å². The lowest BCUT2D eigenvalue weighted by molar-refractivity contribution is 0.101. The van der Waals surface area contributed by atoms with Crippen molar-refractivity contribution < 1.29 is 4.79 Å². The van der Waals surface area contributed by atoms with Gasteiger partial charge in [0.2, 0.25) is 0 Å². The average molecular weight is 325 g/mol. The number of hydrogen-bond donors (Lipinski definition) is 0. The molecule has 0 bridgehead atoms. The van der Waals surface area contributed by atoms with E-state index in [9.17, 15) is 4.79 Å². The molecule has 3 nitrogen and oxygen atoms in total. The number of rotatable bonds is 3. The predicted octanol–water partition coefficient (Wildman–Crippen LogP) is 3.18. The quantitative estimate of drug-likeness (QED) is 0.798. The molecule has 1 aliphatic rings. The van der Waals surface area contributed by atoms with Crippen LogP contribution in [-0.2, 0) is 0 Å². The summed E-state index contributed by atoms with van der Waals surface area (Å²) in [5.41, 5.74) is 1.89. The Bertz CT molecular complexity index is 465. The van der Waals surface area contributed by atoms with Crippen molar-refractivity contribution in [3.63, 3.8) is 0 Å². The summed E-state index contributed by atoms with van der Waals surface area (Å²) < 4.78 is 0.963. The van der Waals surface area contributed by atoms with Gasteiger partial charge in [0.1, 0.15) is 0 Å². The number of halogens is 1. The average Bonchev–Trinajstić information content (AvgIpc) is 2.38. The van der Waals surface area contributed by atoms with Crippen LogP contribution in [0.3, 0.4) is 0 Å². The van der Waals surface area contributed by atoms with Gasteiger partial charge in [0.05, 0.1) is 0 Å². The molecule has 1 aromatic rings. The van der Waals surface area contributed by atoms with Gasteiger partial charge in [-0.25, -0.2) is 0 Å². The van der Waals surface area contributed by atoms with Crippen LogP contribution < -0.4 is 4.90 Å². The number of anilines is 1. The van der Waals surface area contributed by atoms with Crippen molar-refractivity contribution in [2.24, 2.45) is 0 Å². The minimum atomic E-state index is 0.131. The van der Waals surface area contributed by atoms with Gasteiger partial charge in [0.25, 0.3) is 0 Å². The third-order valence-electron chi connectivity index (χ3n) is 3.87. The summed E-state index contributed by atoms with van der Waals surface area (Å²) in [7, 11) is 4.28. The number of nitrogens with zero attached hydrogens (tertiary/aromatic N) is 2. The van der Waals surface area contributed by atoms with Gasteiger partial charge in [-0.15, -0.1) is 0 Å². The molecule has 0 radical (unpaired) electrons. The molecular weight excluding hydrogens is 304 g/mol. The van der Waals surface area contributed by atoms with E-state index < -0.39 is 0 Å². The highest BCUT2D eigenvalue weighted by molar-refractivity contribution is 9.10. The number of benzene rings is 1. The highest BCUT2D eigenvalue weighted by Crippen LogP contribution is 2.28. The molecule has 1 heterocycles. The smallest absolute Gasteiger partial charge is 0.161 e. The van der Waals surface area contributed by atoms with Gasteiger partial charge in [-0.1, -0.05) is 15.9 Å². The largest absolute Gasteiger partial charge is 0.371 e. The van der Waals surface area contributed by atoms with Gasteiger partial charge >= 0.3 is 0 Å². The van der Waals surface area contributed by atoms with Crippen molar-refractivity contribution >= 4 is 27.4 Å². The summed E-state index contributed by atoms with van der Waals surface area (Å²) in [5, 5.41) is 0. The zero-order chi connectivity index (χ0) is 14.0. The Morgan fingerprint density at radius 1 is 1.32 bits per heavy atom. The SMILES string of the molecule is CC(=O)c1cc(Br)ccc1N1CCC(N(C)C)CC1. The normalized spacial score (nSPS) is 17.0. The first-order chi connectivity index (χ1) is 8.99. The Kier molecular flexibility index (Phi) is 4.63. The standard InChI is InChI=1S/C15H21BrN2O/c1-11(19)14-10-12(16)4-5-15(14)18-8-6-13(7-9-18)17(2)3/h4-5,10,13H,6-9H2,1-3H3. The lowest BCUT2D eigenvalue weighted by Crippen LogP contribution is -2.42. The van der Waals surface area contributed by atoms with Gasteiger partial charge in [-0.2, -0.15) is 0 Å². The van der Waals surface area contributed by atoms with Gasteiger partial charge < -0.3 is 9.80 Å². The van der Waals surface area contributed by atoms with Gasteiger partial charge in [0.15, 0.2) is 5.78 Å². The minimum absolute atomic E-state index is 0.131. The maximum Gasteiger partial charge on any atom is 0.161 e. The summed E-state index contributed by atoms with van der Waals surface area (Å²) in [6.45, 7) is 3.67. The minimum Gasteiger partial charge on any atom is -0.371 e. The van der Waals surface area contributed by atoms with E-state index in [1.165, 1.54) is 0 Å². The number of ketones is 1. The molecule has 4 heteroatoms. The maximum atomic E-state index is 11.8. The molecule has 1 saturated heterocycles. The molecule has 1 fully saturated rings. The second-order valence-corrected chi connectivity index (χ2v) is 6.32. The molecule has 0 saturated carbocycles. The molecule has 0 unspecified atom stereocenters. The Labute approximate surface area is 123 Å². The van der Waals surface area contributed by atoms with Crippen LogP contribution in [0.25, 0.3) is 0 Å². The van der Waals surface area contributed by atoms with Crippen LogP contribution >= 0.6 is 15.9 Å². The molecule has 0 aromatic heterocycles. The maximum absolute atomic E-state index is 11.8. The van der Waals surface area contributed by atoms with Gasteiger partial charge in [-0.05, 0) is 52.1 Å². The van der Waals surface area contributed by atoms with Crippen LogP contribution in [0.1, 0.15) is 30.1 Å². The zero-order valence-electron chi connectivity index (χ0n) is 11.8.